The van der Waals surface area contributed by atoms with Crippen LogP contribution in [0.25, 0.3) is 0 Å². The Labute approximate surface area is 41.3 Å². The number of hydrogen-bond donors (Lipinski definition) is 0. The van der Waals surface area contributed by atoms with Crippen LogP contribution in [0.1, 0.15) is 0 Å². The van der Waals surface area contributed by atoms with Crippen molar-refractivity contribution < 1.29 is 26.9 Å². The van der Waals surface area contributed by atoms with E-state index in [1.54, 1.807) is 0 Å². The Hall–Kier alpha value is 0.00247. The number of ether oxygens (including phenoxy) is 1. The van der Waals surface area contributed by atoms with Gasteiger partial charge in [0, 0.05) is 17.4 Å². The molecule has 0 aromatic heterocycles. The summed E-state index contributed by atoms with van der Waals surface area (Å²) in [5.74, 6) is 0. The molecule has 0 spiro atoms. The molecule has 3 heteroatoms. The molecule has 0 aliphatic carbocycles. The molecule has 0 atom stereocenters. The molecular formula is C2H3CrO2. The summed E-state index contributed by atoms with van der Waals surface area (Å²) < 4.78 is 3.74. The fraction of sp³-hybridized carbons (Fsp3) is 0.500. The number of carbonyl (C=O) groups excluding carboxylic acids is 1. The molecule has 1 radical (unpaired) electrons. The average Bonchev–Trinajstić information content (AvgIpc) is 1.37. The summed E-state index contributed by atoms with van der Waals surface area (Å²) in [6.45, 7) is 1.18. The molecule has 0 fully saturated rings. The third-order valence-electron chi connectivity index (χ3n) is 0.0833. The van der Waals surface area contributed by atoms with Crippen molar-refractivity contribution in [2.24, 2.45) is 0 Å². The predicted molar refractivity (Wildman–Crippen MR) is 12.7 cm³/mol. The van der Waals surface area contributed by atoms with E-state index in [0.717, 1.165) is 0 Å². The van der Waals surface area contributed by atoms with Gasteiger partial charge in [0.05, 0.1) is 7.11 Å². The molecule has 0 aromatic rings. The van der Waals surface area contributed by atoms with E-state index in [4.69, 9.17) is 4.79 Å². The summed E-state index contributed by atoms with van der Waals surface area (Å²) in [6.07, 6.45) is 0. The van der Waals surface area contributed by atoms with Crippen LogP contribution in [0.5, 0.6) is 0 Å². The van der Waals surface area contributed by atoms with Crippen molar-refractivity contribution in [1.29, 1.82) is 0 Å². The Kier molecular flexibility index (Phi) is 16.0. The third-order valence-corrected chi connectivity index (χ3v) is 0.0833. The molecule has 0 saturated heterocycles. The number of rotatable bonds is 1. The Bertz CT molecular complexity index is 21.6. The first kappa shape index (κ1) is 8.89. The standard InChI is InChI=1S/C2H3O2.Cr/c1-4-2-3;/h1H3;. The van der Waals surface area contributed by atoms with Crippen molar-refractivity contribution >= 4 is 6.47 Å². The van der Waals surface area contributed by atoms with Crippen molar-refractivity contribution in [3.8, 4) is 0 Å². The van der Waals surface area contributed by atoms with E-state index in [2.05, 4.69) is 4.74 Å². The molecule has 0 N–H and O–H groups in total. The van der Waals surface area contributed by atoms with E-state index in [-0.39, 0.29) is 17.4 Å². The maximum Gasteiger partial charge on any atom is 0.417 e. The second-order valence-corrected chi connectivity index (χ2v) is 0.287. The first-order valence-electron chi connectivity index (χ1n) is 0.816. The van der Waals surface area contributed by atoms with E-state index >= 15 is 0 Å². The fourth-order valence-electron chi connectivity index (χ4n) is 0. The quantitative estimate of drug-likeness (QED) is 0.464. The average molecular weight is 111 g/mol. The van der Waals surface area contributed by atoms with Crippen LogP contribution >= 0.6 is 0 Å². The summed E-state index contributed by atoms with van der Waals surface area (Å²) in [7, 11) is 1.26. The van der Waals surface area contributed by atoms with Crippen LogP contribution in [0.4, 0.5) is 0 Å². The van der Waals surface area contributed by atoms with Gasteiger partial charge in [-0.25, -0.2) is 4.79 Å². The zero-order chi connectivity index (χ0) is 3.41. The molecule has 0 aromatic carbocycles. The minimum atomic E-state index is 0. The van der Waals surface area contributed by atoms with Gasteiger partial charge in [-0.1, -0.05) is 0 Å². The van der Waals surface area contributed by atoms with E-state index in [1.807, 2.05) is 0 Å². The Morgan fingerprint density at radius 1 is 1.80 bits per heavy atom. The van der Waals surface area contributed by atoms with Crippen molar-refractivity contribution in [2.45, 2.75) is 0 Å². The van der Waals surface area contributed by atoms with E-state index in [0.29, 0.717) is 0 Å². The molecule has 0 unspecified atom stereocenters. The summed E-state index contributed by atoms with van der Waals surface area (Å²) in [6, 6.07) is 0. The van der Waals surface area contributed by atoms with Crippen molar-refractivity contribution in [1.82, 2.24) is 0 Å². The van der Waals surface area contributed by atoms with Gasteiger partial charge >= 0.3 is 6.47 Å². The minimum absolute atomic E-state index is 0. The van der Waals surface area contributed by atoms with Crippen LogP contribution in [-0.2, 0) is 26.9 Å². The molecule has 0 aliphatic heterocycles. The van der Waals surface area contributed by atoms with Crippen molar-refractivity contribution in [3.63, 3.8) is 0 Å². The minimum Gasteiger partial charge on any atom is -0.461 e. The summed E-state index contributed by atoms with van der Waals surface area (Å²) in [4.78, 5) is 8.83. The molecular weight excluding hydrogens is 108 g/mol. The molecule has 0 bridgehead atoms. The monoisotopic (exact) mass is 111 g/mol. The van der Waals surface area contributed by atoms with Gasteiger partial charge in [-0.2, -0.15) is 0 Å². The van der Waals surface area contributed by atoms with Gasteiger partial charge in [-0.3, -0.25) is 0 Å². The van der Waals surface area contributed by atoms with Gasteiger partial charge in [-0.15, -0.1) is 0 Å². The zero-order valence-corrected chi connectivity index (χ0v) is 4.00. The molecule has 0 heterocycles. The van der Waals surface area contributed by atoms with Crippen LogP contribution in [0.15, 0.2) is 0 Å². The summed E-state index contributed by atoms with van der Waals surface area (Å²) in [5.41, 5.74) is 0. The first-order valence-corrected chi connectivity index (χ1v) is 0.816. The smallest absolute Gasteiger partial charge is 0.417 e. The topological polar surface area (TPSA) is 26.3 Å². The van der Waals surface area contributed by atoms with E-state index in [1.165, 1.54) is 13.6 Å². The second kappa shape index (κ2) is 9.00. The zero-order valence-electron chi connectivity index (χ0n) is 2.72. The van der Waals surface area contributed by atoms with Crippen molar-refractivity contribution in [3.05, 3.63) is 0 Å². The molecule has 5 heavy (non-hydrogen) atoms. The Morgan fingerprint density at radius 3 is 2.00 bits per heavy atom. The molecule has 29 valence electrons. The maximum atomic E-state index is 8.83. The van der Waals surface area contributed by atoms with Gasteiger partial charge in [0.15, 0.2) is 0 Å². The summed E-state index contributed by atoms with van der Waals surface area (Å²) >= 11 is 0. The number of methoxy groups -OCH3 is 1. The van der Waals surface area contributed by atoms with Crippen LogP contribution in [-0.4, -0.2) is 13.6 Å². The van der Waals surface area contributed by atoms with Crippen LogP contribution in [0, 0.1) is 0 Å². The normalized spacial score (nSPS) is 4.20. The Balaban J connectivity index is 0. The van der Waals surface area contributed by atoms with Gasteiger partial charge < -0.3 is 4.74 Å². The summed E-state index contributed by atoms with van der Waals surface area (Å²) in [5, 5.41) is 0. The molecule has 0 rings (SSSR count). The molecule has 0 aliphatic rings. The van der Waals surface area contributed by atoms with Gasteiger partial charge in [-0.05, 0) is 0 Å². The van der Waals surface area contributed by atoms with Gasteiger partial charge in [0.2, 0.25) is 0 Å². The van der Waals surface area contributed by atoms with Crippen molar-refractivity contribution in [2.75, 3.05) is 7.11 Å². The van der Waals surface area contributed by atoms with Crippen LogP contribution in [0.2, 0.25) is 0 Å². The SMILES string of the molecule is CO[C]=O.[Cr]. The molecule has 2 nitrogen and oxygen atoms in total. The predicted octanol–water partition coefficient (Wildman–Crippen LogP) is -0.302. The largest absolute Gasteiger partial charge is 0.461 e. The molecule has 0 amide bonds. The van der Waals surface area contributed by atoms with Crippen LogP contribution in [0.3, 0.4) is 0 Å². The second-order valence-electron chi connectivity index (χ2n) is 0.287. The van der Waals surface area contributed by atoms with Crippen LogP contribution < -0.4 is 0 Å². The fourth-order valence-corrected chi connectivity index (χ4v) is 0. The van der Waals surface area contributed by atoms with Gasteiger partial charge in [0.1, 0.15) is 0 Å². The molecule has 0 saturated carbocycles. The third kappa shape index (κ3) is 16.0. The van der Waals surface area contributed by atoms with Gasteiger partial charge in [0.25, 0.3) is 0 Å². The first-order chi connectivity index (χ1) is 1.91. The maximum absolute atomic E-state index is 8.83. The number of hydrogen-bond acceptors (Lipinski definition) is 2. The Morgan fingerprint density at radius 2 is 2.00 bits per heavy atom. The van der Waals surface area contributed by atoms with E-state index in [9.17, 15) is 0 Å². The van der Waals surface area contributed by atoms with E-state index < -0.39 is 0 Å².